The number of sulfone groups is 2. The van der Waals surface area contributed by atoms with Gasteiger partial charge in [0.25, 0.3) is 0 Å². The van der Waals surface area contributed by atoms with Crippen LogP contribution in [0.5, 0.6) is 11.5 Å². The van der Waals surface area contributed by atoms with Gasteiger partial charge in [-0.2, -0.15) is 0 Å². The van der Waals surface area contributed by atoms with Crippen molar-refractivity contribution in [3.63, 3.8) is 0 Å². The maximum atomic E-state index is 13.7. The van der Waals surface area contributed by atoms with Gasteiger partial charge in [-0.15, -0.1) is 0 Å². The van der Waals surface area contributed by atoms with E-state index in [0.29, 0.717) is 27.6 Å². The second-order valence-corrected chi connectivity index (χ2v) is 12.7. The molecule has 0 aromatic heterocycles. The highest BCUT2D eigenvalue weighted by Crippen LogP contribution is 2.35. The van der Waals surface area contributed by atoms with Crippen LogP contribution < -0.4 is 4.74 Å². The van der Waals surface area contributed by atoms with Crippen LogP contribution in [0, 0.1) is 0 Å². The van der Waals surface area contributed by atoms with Crippen LogP contribution in [0.2, 0.25) is 5.02 Å². The second-order valence-electron chi connectivity index (χ2n) is 8.37. The largest absolute Gasteiger partial charge is 0.457 e. The van der Waals surface area contributed by atoms with Crippen molar-refractivity contribution in [1.82, 2.24) is 0 Å². The number of hydrogen-bond acceptors (Lipinski definition) is 5. The first-order chi connectivity index (χ1) is 18.2. The number of hydrogen-bond donors (Lipinski definition) is 0. The molecule has 8 heteroatoms. The number of para-hydroxylation sites is 1. The van der Waals surface area contributed by atoms with Gasteiger partial charge < -0.3 is 4.74 Å². The molecule has 0 amide bonds. The third kappa shape index (κ3) is 5.22. The normalized spacial score (nSPS) is 11.7. The Kier molecular flexibility index (Phi) is 7.08. The number of ether oxygens (including phenoxy) is 1. The maximum absolute atomic E-state index is 13.7. The lowest BCUT2D eigenvalue weighted by Crippen LogP contribution is -2.08. The summed E-state index contributed by atoms with van der Waals surface area (Å²) in [7, 11) is -8.09. The molecule has 5 aromatic rings. The molecule has 5 rings (SSSR count). The summed E-state index contributed by atoms with van der Waals surface area (Å²) >= 11 is 6.03. The van der Waals surface area contributed by atoms with Gasteiger partial charge in [0, 0.05) is 10.6 Å². The van der Waals surface area contributed by atoms with Crippen molar-refractivity contribution >= 4 is 31.3 Å². The highest BCUT2D eigenvalue weighted by Gasteiger charge is 2.26. The SMILES string of the molecule is O=S(=O)(c1ccc(Oc2ccccc2)cc1)c1ccc(-c2ccc(Cl)cc2)c(S(=O)(=O)c2ccccc2)c1. The Balaban J connectivity index is 1.58. The van der Waals surface area contributed by atoms with Gasteiger partial charge in [-0.05, 0) is 78.4 Å². The Bertz CT molecular complexity index is 1790. The summed E-state index contributed by atoms with van der Waals surface area (Å²) in [4.78, 5) is -0.176. The van der Waals surface area contributed by atoms with Crippen LogP contribution in [-0.4, -0.2) is 16.8 Å². The molecular weight excluding hydrogens is 540 g/mol. The summed E-state index contributed by atoms with van der Waals surface area (Å²) in [6, 6.07) is 33.9. The van der Waals surface area contributed by atoms with Crippen molar-refractivity contribution < 1.29 is 21.6 Å². The molecule has 0 spiro atoms. The Morgan fingerprint density at radius 2 is 1.03 bits per heavy atom. The molecule has 0 radical (unpaired) electrons. The van der Waals surface area contributed by atoms with Crippen LogP contribution in [0.25, 0.3) is 11.1 Å². The molecule has 38 heavy (non-hydrogen) atoms. The number of benzene rings is 5. The molecule has 0 atom stereocenters. The second kappa shape index (κ2) is 10.5. The van der Waals surface area contributed by atoms with Crippen LogP contribution in [0.4, 0.5) is 0 Å². The smallest absolute Gasteiger partial charge is 0.207 e. The summed E-state index contributed by atoms with van der Waals surface area (Å²) in [6.07, 6.45) is 0. The fraction of sp³-hybridized carbons (Fsp3) is 0. The topological polar surface area (TPSA) is 77.5 Å². The fourth-order valence-corrected chi connectivity index (χ4v) is 6.95. The minimum Gasteiger partial charge on any atom is -0.457 e. The molecule has 0 bridgehead atoms. The molecule has 0 aliphatic rings. The Morgan fingerprint density at radius 1 is 0.500 bits per heavy atom. The van der Waals surface area contributed by atoms with Crippen LogP contribution in [0.15, 0.2) is 147 Å². The average Bonchev–Trinajstić information content (AvgIpc) is 2.94. The lowest BCUT2D eigenvalue weighted by atomic mass is 10.1. The summed E-state index contributed by atoms with van der Waals surface area (Å²) in [6.45, 7) is 0. The minimum absolute atomic E-state index is 0.0141. The van der Waals surface area contributed by atoms with Crippen molar-refractivity contribution in [3.05, 3.63) is 132 Å². The summed E-state index contributed by atoms with van der Waals surface area (Å²) in [5, 5.41) is 0.500. The van der Waals surface area contributed by atoms with E-state index in [1.54, 1.807) is 66.7 Å². The van der Waals surface area contributed by atoms with E-state index in [1.807, 2.05) is 18.2 Å². The van der Waals surface area contributed by atoms with Crippen molar-refractivity contribution in [2.45, 2.75) is 19.6 Å². The molecule has 0 saturated heterocycles. The van der Waals surface area contributed by atoms with E-state index in [1.165, 1.54) is 42.5 Å². The summed E-state index contributed by atoms with van der Waals surface area (Å²) in [5.74, 6) is 1.09. The average molecular weight is 561 g/mol. The van der Waals surface area contributed by atoms with Crippen LogP contribution in [0.1, 0.15) is 0 Å². The molecule has 0 fully saturated rings. The van der Waals surface area contributed by atoms with Gasteiger partial charge in [-0.1, -0.05) is 66.2 Å². The van der Waals surface area contributed by atoms with E-state index in [2.05, 4.69) is 0 Å². The van der Waals surface area contributed by atoms with E-state index in [9.17, 15) is 16.8 Å². The van der Waals surface area contributed by atoms with Gasteiger partial charge in [0.05, 0.1) is 19.6 Å². The monoisotopic (exact) mass is 560 g/mol. The van der Waals surface area contributed by atoms with Crippen LogP contribution in [-0.2, 0) is 19.7 Å². The fourth-order valence-electron chi connectivity index (χ4n) is 3.93. The molecule has 0 aliphatic carbocycles. The van der Waals surface area contributed by atoms with Crippen molar-refractivity contribution in [1.29, 1.82) is 0 Å². The van der Waals surface area contributed by atoms with Gasteiger partial charge in [0.2, 0.25) is 19.7 Å². The van der Waals surface area contributed by atoms with Crippen LogP contribution in [0.3, 0.4) is 0 Å². The van der Waals surface area contributed by atoms with Crippen LogP contribution >= 0.6 is 11.6 Å². The number of rotatable bonds is 7. The van der Waals surface area contributed by atoms with E-state index in [-0.39, 0.29) is 19.6 Å². The Labute approximate surface area is 226 Å². The van der Waals surface area contributed by atoms with Gasteiger partial charge in [0.15, 0.2) is 0 Å². The first kappa shape index (κ1) is 25.7. The van der Waals surface area contributed by atoms with Gasteiger partial charge in [0.1, 0.15) is 11.5 Å². The molecule has 0 saturated carbocycles. The van der Waals surface area contributed by atoms with E-state index < -0.39 is 19.7 Å². The first-order valence-corrected chi connectivity index (χ1v) is 14.9. The van der Waals surface area contributed by atoms with Gasteiger partial charge in [-0.25, -0.2) is 16.8 Å². The van der Waals surface area contributed by atoms with E-state index >= 15 is 0 Å². The Morgan fingerprint density at radius 3 is 1.66 bits per heavy atom. The van der Waals surface area contributed by atoms with E-state index in [4.69, 9.17) is 16.3 Å². The van der Waals surface area contributed by atoms with Crippen molar-refractivity contribution in [2.24, 2.45) is 0 Å². The third-order valence-corrected chi connectivity index (χ3v) is 9.70. The predicted molar refractivity (Wildman–Crippen MR) is 147 cm³/mol. The highest BCUT2D eigenvalue weighted by atomic mass is 35.5. The van der Waals surface area contributed by atoms with Gasteiger partial charge >= 0.3 is 0 Å². The highest BCUT2D eigenvalue weighted by molar-refractivity contribution is 7.92. The zero-order chi connectivity index (χ0) is 26.8. The molecule has 5 aromatic carbocycles. The Hall–Kier alpha value is -3.91. The van der Waals surface area contributed by atoms with Crippen molar-refractivity contribution in [3.8, 4) is 22.6 Å². The lowest BCUT2D eigenvalue weighted by Gasteiger charge is -2.14. The predicted octanol–water partition coefficient (Wildman–Crippen LogP) is 7.46. The molecule has 0 aliphatic heterocycles. The zero-order valence-corrected chi connectivity index (χ0v) is 22.2. The third-order valence-electron chi connectivity index (χ3n) is 5.87. The first-order valence-electron chi connectivity index (χ1n) is 11.5. The zero-order valence-electron chi connectivity index (χ0n) is 19.9. The number of halogens is 1. The molecule has 5 nitrogen and oxygen atoms in total. The van der Waals surface area contributed by atoms with Gasteiger partial charge in [-0.3, -0.25) is 0 Å². The summed E-state index contributed by atoms with van der Waals surface area (Å²) in [5.41, 5.74) is 0.964. The van der Waals surface area contributed by atoms with Crippen molar-refractivity contribution in [2.75, 3.05) is 0 Å². The van der Waals surface area contributed by atoms with E-state index in [0.717, 1.165) is 0 Å². The quantitative estimate of drug-likeness (QED) is 0.206. The molecule has 190 valence electrons. The molecule has 0 unspecified atom stereocenters. The maximum Gasteiger partial charge on any atom is 0.207 e. The molecule has 0 N–H and O–H groups in total. The standard InChI is InChI=1S/C30H21ClO5S2/c31-23-13-11-22(12-14-23)29-20-19-28(21-30(29)38(34,35)26-9-5-2-6-10-26)37(32,33)27-17-15-25(16-18-27)36-24-7-3-1-4-8-24/h1-21H. The molecule has 0 heterocycles. The minimum atomic E-state index is -4.05. The lowest BCUT2D eigenvalue weighted by molar-refractivity contribution is 0.482. The summed E-state index contributed by atoms with van der Waals surface area (Å²) < 4.78 is 60.3. The molecular formula is C30H21ClO5S2.